The first kappa shape index (κ1) is 14.3. The fraction of sp³-hybridized carbons (Fsp3) is 0.235. The fourth-order valence-corrected chi connectivity index (χ4v) is 2.29. The summed E-state index contributed by atoms with van der Waals surface area (Å²) in [6, 6.07) is 9.52. The van der Waals surface area contributed by atoms with Crippen LogP contribution in [0.25, 0.3) is 22.4 Å². The molecule has 0 fully saturated rings. The zero-order valence-corrected chi connectivity index (χ0v) is 12.5. The van der Waals surface area contributed by atoms with Crippen molar-refractivity contribution < 1.29 is 4.79 Å². The zero-order chi connectivity index (χ0) is 15.4. The van der Waals surface area contributed by atoms with Crippen molar-refractivity contribution in [1.82, 2.24) is 15.0 Å². The maximum Gasteiger partial charge on any atom is 0.224 e. The number of nitrogens with zero attached hydrogens (tertiary/aromatic N) is 2. The largest absolute Gasteiger partial charge is 0.338 e. The number of carbonyl (C=O) groups excluding carboxylic acids is 1. The summed E-state index contributed by atoms with van der Waals surface area (Å²) in [5.41, 5.74) is 3.49. The molecule has 0 bridgehead atoms. The first-order valence-electron chi connectivity index (χ1n) is 7.46. The minimum Gasteiger partial charge on any atom is -0.338 e. The van der Waals surface area contributed by atoms with E-state index in [2.05, 4.69) is 27.2 Å². The molecule has 0 aliphatic heterocycles. The van der Waals surface area contributed by atoms with Gasteiger partial charge in [0, 0.05) is 30.1 Å². The van der Waals surface area contributed by atoms with Gasteiger partial charge in [0.05, 0.1) is 11.0 Å². The maximum atomic E-state index is 11.8. The summed E-state index contributed by atoms with van der Waals surface area (Å²) in [4.78, 5) is 23.7. The molecule has 0 saturated carbocycles. The smallest absolute Gasteiger partial charge is 0.224 e. The highest BCUT2D eigenvalue weighted by atomic mass is 16.1. The molecule has 5 heteroatoms. The SMILES string of the molecule is CCCCC(=O)Nc1ccc2nc(-c3cccnc3)[nH]c2c1. The fourth-order valence-electron chi connectivity index (χ4n) is 2.29. The minimum absolute atomic E-state index is 0.0493. The number of pyridine rings is 1. The standard InChI is InChI=1S/C17H18N4O/c1-2-3-6-16(22)19-13-7-8-14-15(10-13)21-17(20-14)12-5-4-9-18-11-12/h4-5,7-11H,2-3,6H2,1H3,(H,19,22)(H,20,21). The topological polar surface area (TPSA) is 70.7 Å². The Balaban J connectivity index is 1.83. The molecule has 2 aromatic heterocycles. The predicted molar refractivity (Wildman–Crippen MR) is 87.5 cm³/mol. The first-order valence-corrected chi connectivity index (χ1v) is 7.46. The van der Waals surface area contributed by atoms with Gasteiger partial charge >= 0.3 is 0 Å². The molecule has 1 aromatic carbocycles. The Hall–Kier alpha value is -2.69. The molecule has 0 saturated heterocycles. The average molecular weight is 294 g/mol. The van der Waals surface area contributed by atoms with Crippen LogP contribution in [0.15, 0.2) is 42.7 Å². The van der Waals surface area contributed by atoms with Gasteiger partial charge in [-0.1, -0.05) is 13.3 Å². The molecule has 0 unspecified atom stereocenters. The van der Waals surface area contributed by atoms with E-state index < -0.39 is 0 Å². The molecule has 2 heterocycles. The molecular formula is C17H18N4O. The number of fused-ring (bicyclic) bond motifs is 1. The number of hydrogen-bond acceptors (Lipinski definition) is 3. The van der Waals surface area contributed by atoms with Crippen molar-refractivity contribution in [2.45, 2.75) is 26.2 Å². The lowest BCUT2D eigenvalue weighted by Crippen LogP contribution is -2.10. The van der Waals surface area contributed by atoms with Crippen molar-refractivity contribution in [3.8, 4) is 11.4 Å². The molecule has 3 rings (SSSR count). The van der Waals surface area contributed by atoms with E-state index in [0.29, 0.717) is 6.42 Å². The second-order valence-electron chi connectivity index (χ2n) is 5.21. The van der Waals surface area contributed by atoms with E-state index in [9.17, 15) is 4.79 Å². The summed E-state index contributed by atoms with van der Waals surface area (Å²) in [5, 5.41) is 2.92. The number of imidazole rings is 1. The molecule has 0 aliphatic carbocycles. The number of hydrogen-bond donors (Lipinski definition) is 2. The molecule has 3 aromatic rings. The number of unbranched alkanes of at least 4 members (excludes halogenated alkanes) is 1. The van der Waals surface area contributed by atoms with Gasteiger partial charge in [-0.05, 0) is 36.8 Å². The number of aromatic nitrogens is 3. The molecule has 1 amide bonds. The quantitative estimate of drug-likeness (QED) is 0.752. The van der Waals surface area contributed by atoms with E-state index in [0.717, 1.165) is 41.0 Å². The Bertz CT molecular complexity index is 780. The number of aromatic amines is 1. The summed E-state index contributed by atoms with van der Waals surface area (Å²) in [7, 11) is 0. The van der Waals surface area contributed by atoms with Gasteiger partial charge in [0.15, 0.2) is 0 Å². The number of benzene rings is 1. The third-order valence-electron chi connectivity index (χ3n) is 3.46. The summed E-state index contributed by atoms with van der Waals surface area (Å²) >= 11 is 0. The summed E-state index contributed by atoms with van der Waals surface area (Å²) < 4.78 is 0. The van der Waals surface area contributed by atoms with Crippen LogP contribution >= 0.6 is 0 Å². The summed E-state index contributed by atoms with van der Waals surface area (Å²) in [6.07, 6.45) is 5.98. The highest BCUT2D eigenvalue weighted by molar-refractivity contribution is 5.93. The van der Waals surface area contributed by atoms with Gasteiger partial charge in [0.2, 0.25) is 5.91 Å². The van der Waals surface area contributed by atoms with Gasteiger partial charge in [0.1, 0.15) is 5.82 Å². The summed E-state index contributed by atoms with van der Waals surface area (Å²) in [5.74, 6) is 0.825. The lowest BCUT2D eigenvalue weighted by molar-refractivity contribution is -0.116. The van der Waals surface area contributed by atoms with E-state index in [1.165, 1.54) is 0 Å². The molecule has 0 radical (unpaired) electrons. The lowest BCUT2D eigenvalue weighted by Gasteiger charge is -2.04. The highest BCUT2D eigenvalue weighted by Crippen LogP contribution is 2.22. The molecular weight excluding hydrogens is 276 g/mol. The molecule has 0 aliphatic rings. The second kappa shape index (κ2) is 6.39. The van der Waals surface area contributed by atoms with Gasteiger partial charge in [0.25, 0.3) is 0 Å². The molecule has 5 nitrogen and oxygen atoms in total. The Labute approximate surface area is 128 Å². The van der Waals surface area contributed by atoms with Crippen LogP contribution in [0.1, 0.15) is 26.2 Å². The predicted octanol–water partition coefficient (Wildman–Crippen LogP) is 3.75. The van der Waals surface area contributed by atoms with Gasteiger partial charge < -0.3 is 10.3 Å². The van der Waals surface area contributed by atoms with Crippen molar-refractivity contribution in [2.75, 3.05) is 5.32 Å². The van der Waals surface area contributed by atoms with E-state index in [1.807, 2.05) is 30.3 Å². The number of anilines is 1. The Kier molecular flexibility index (Phi) is 4.14. The molecule has 22 heavy (non-hydrogen) atoms. The molecule has 112 valence electrons. The van der Waals surface area contributed by atoms with Crippen LogP contribution in [0.2, 0.25) is 0 Å². The van der Waals surface area contributed by atoms with Crippen molar-refractivity contribution in [3.63, 3.8) is 0 Å². The summed E-state index contributed by atoms with van der Waals surface area (Å²) in [6.45, 7) is 2.07. The van der Waals surface area contributed by atoms with Crippen LogP contribution in [0.5, 0.6) is 0 Å². The van der Waals surface area contributed by atoms with Gasteiger partial charge in [-0.15, -0.1) is 0 Å². The molecule has 0 atom stereocenters. The third-order valence-corrected chi connectivity index (χ3v) is 3.46. The Morgan fingerprint density at radius 3 is 3.00 bits per heavy atom. The Morgan fingerprint density at radius 1 is 1.32 bits per heavy atom. The van der Waals surface area contributed by atoms with E-state index in [4.69, 9.17) is 0 Å². The van der Waals surface area contributed by atoms with Crippen LogP contribution in [0.3, 0.4) is 0 Å². The van der Waals surface area contributed by atoms with Crippen molar-refractivity contribution in [1.29, 1.82) is 0 Å². The van der Waals surface area contributed by atoms with E-state index in [1.54, 1.807) is 12.4 Å². The van der Waals surface area contributed by atoms with Gasteiger partial charge in [-0.25, -0.2) is 4.98 Å². The third kappa shape index (κ3) is 3.14. The van der Waals surface area contributed by atoms with Crippen molar-refractivity contribution in [2.24, 2.45) is 0 Å². The van der Waals surface area contributed by atoms with E-state index in [-0.39, 0.29) is 5.91 Å². The molecule has 0 spiro atoms. The van der Waals surface area contributed by atoms with Crippen LogP contribution in [-0.4, -0.2) is 20.9 Å². The number of amides is 1. The maximum absolute atomic E-state index is 11.8. The number of nitrogens with one attached hydrogen (secondary N) is 2. The van der Waals surface area contributed by atoms with Crippen LogP contribution in [-0.2, 0) is 4.79 Å². The normalized spacial score (nSPS) is 10.8. The van der Waals surface area contributed by atoms with Gasteiger partial charge in [-0.3, -0.25) is 9.78 Å². The minimum atomic E-state index is 0.0493. The van der Waals surface area contributed by atoms with Crippen LogP contribution in [0, 0.1) is 0 Å². The monoisotopic (exact) mass is 294 g/mol. The Morgan fingerprint density at radius 2 is 2.23 bits per heavy atom. The molecule has 2 N–H and O–H groups in total. The van der Waals surface area contributed by atoms with E-state index >= 15 is 0 Å². The number of H-pyrrole nitrogens is 1. The van der Waals surface area contributed by atoms with Crippen molar-refractivity contribution in [3.05, 3.63) is 42.7 Å². The van der Waals surface area contributed by atoms with Crippen LogP contribution in [0.4, 0.5) is 5.69 Å². The zero-order valence-electron chi connectivity index (χ0n) is 12.5. The lowest BCUT2D eigenvalue weighted by atomic mass is 10.2. The average Bonchev–Trinajstić information content (AvgIpc) is 2.97. The highest BCUT2D eigenvalue weighted by Gasteiger charge is 2.07. The van der Waals surface area contributed by atoms with Gasteiger partial charge in [-0.2, -0.15) is 0 Å². The van der Waals surface area contributed by atoms with Crippen LogP contribution < -0.4 is 5.32 Å². The number of carbonyl (C=O) groups is 1. The first-order chi connectivity index (χ1) is 10.8. The van der Waals surface area contributed by atoms with Crippen molar-refractivity contribution >= 4 is 22.6 Å². The number of rotatable bonds is 5. The second-order valence-corrected chi connectivity index (χ2v) is 5.21.